The number of benzene rings is 2. The largest absolute Gasteiger partial charge is 0.348 e. The summed E-state index contributed by atoms with van der Waals surface area (Å²) in [6.45, 7) is 3.78. The van der Waals surface area contributed by atoms with Gasteiger partial charge in [0.25, 0.3) is 5.91 Å². The molecular formula is C20H23F2N2O3S+. The van der Waals surface area contributed by atoms with Crippen LogP contribution in [-0.2, 0) is 22.9 Å². The van der Waals surface area contributed by atoms with Crippen molar-refractivity contribution in [2.45, 2.75) is 36.6 Å². The fourth-order valence-corrected chi connectivity index (χ4v) is 4.02. The lowest BCUT2D eigenvalue weighted by atomic mass is 10.1. The summed E-state index contributed by atoms with van der Waals surface area (Å²) in [4.78, 5) is 13.3. The van der Waals surface area contributed by atoms with Crippen LogP contribution in [-0.4, -0.2) is 33.2 Å². The molecule has 0 radical (unpaired) electrons. The first kappa shape index (κ1) is 20.4. The number of sulfone groups is 1. The van der Waals surface area contributed by atoms with Gasteiger partial charge in [0, 0.05) is 30.5 Å². The van der Waals surface area contributed by atoms with Gasteiger partial charge in [-0.3, -0.25) is 4.79 Å². The Morgan fingerprint density at radius 2 is 1.54 bits per heavy atom. The highest BCUT2D eigenvalue weighted by atomic mass is 32.2. The van der Waals surface area contributed by atoms with E-state index in [4.69, 9.17) is 0 Å². The number of carbonyl (C=O) groups excluding carboxylic acids is 1. The van der Waals surface area contributed by atoms with E-state index in [2.05, 4.69) is 17.4 Å². The molecule has 1 aliphatic heterocycles. The van der Waals surface area contributed by atoms with Gasteiger partial charge in [-0.2, -0.15) is 8.78 Å². The van der Waals surface area contributed by atoms with E-state index in [9.17, 15) is 22.0 Å². The third-order valence-corrected chi connectivity index (χ3v) is 6.32. The van der Waals surface area contributed by atoms with Crippen LogP contribution in [0.1, 0.15) is 34.3 Å². The predicted molar refractivity (Wildman–Crippen MR) is 101 cm³/mol. The van der Waals surface area contributed by atoms with Crippen molar-refractivity contribution in [3.05, 3.63) is 65.2 Å². The zero-order chi connectivity index (χ0) is 20.1. The molecule has 0 saturated carbocycles. The Kier molecular flexibility index (Phi) is 6.41. The third kappa shape index (κ3) is 4.94. The van der Waals surface area contributed by atoms with Crippen molar-refractivity contribution in [2.75, 3.05) is 13.1 Å². The van der Waals surface area contributed by atoms with Gasteiger partial charge < -0.3 is 10.2 Å². The topological polar surface area (TPSA) is 67.7 Å². The highest BCUT2D eigenvalue weighted by molar-refractivity contribution is 7.91. The first-order valence-corrected chi connectivity index (χ1v) is 10.7. The summed E-state index contributed by atoms with van der Waals surface area (Å²) in [7, 11) is -4.65. The van der Waals surface area contributed by atoms with E-state index in [1.54, 1.807) is 4.90 Å². The normalized spacial score (nSPS) is 15.1. The molecule has 150 valence electrons. The first-order chi connectivity index (χ1) is 13.4. The number of alkyl halides is 2. The summed E-state index contributed by atoms with van der Waals surface area (Å²) in [5, 5.41) is 2.75. The average Bonchev–Trinajstić information content (AvgIpc) is 3.20. The molecule has 0 spiro atoms. The highest BCUT2D eigenvalue weighted by Gasteiger charge is 2.26. The van der Waals surface area contributed by atoms with Gasteiger partial charge in [0.1, 0.15) is 6.54 Å². The van der Waals surface area contributed by atoms with Gasteiger partial charge in [-0.25, -0.2) is 8.42 Å². The molecule has 0 bridgehead atoms. The van der Waals surface area contributed by atoms with Crippen LogP contribution >= 0.6 is 0 Å². The van der Waals surface area contributed by atoms with Gasteiger partial charge in [0.2, 0.25) is 9.84 Å². The Morgan fingerprint density at radius 1 is 0.964 bits per heavy atom. The molecular weight excluding hydrogens is 386 g/mol. The van der Waals surface area contributed by atoms with Crippen LogP contribution in [0.3, 0.4) is 0 Å². The molecule has 1 aliphatic rings. The fraction of sp³-hybridized carbons (Fsp3) is 0.350. The van der Waals surface area contributed by atoms with Crippen LogP contribution in [0.15, 0.2) is 53.4 Å². The zero-order valence-electron chi connectivity index (χ0n) is 15.3. The summed E-state index contributed by atoms with van der Waals surface area (Å²) >= 11 is 0. The van der Waals surface area contributed by atoms with Gasteiger partial charge in [-0.15, -0.1) is 0 Å². The molecule has 8 heteroatoms. The first-order valence-electron chi connectivity index (χ1n) is 9.18. The number of halogens is 2. The number of hydrogen-bond acceptors (Lipinski definition) is 3. The minimum Gasteiger partial charge on any atom is -0.348 e. The second kappa shape index (κ2) is 8.79. The lowest BCUT2D eigenvalue weighted by Gasteiger charge is -2.12. The summed E-state index contributed by atoms with van der Waals surface area (Å²) in [5.74, 6) is -3.88. The van der Waals surface area contributed by atoms with E-state index in [-0.39, 0.29) is 5.56 Å². The Labute approximate surface area is 163 Å². The average molecular weight is 409 g/mol. The Morgan fingerprint density at radius 3 is 2.11 bits per heavy atom. The van der Waals surface area contributed by atoms with E-state index in [0.29, 0.717) is 6.54 Å². The molecule has 0 aliphatic carbocycles. The van der Waals surface area contributed by atoms with E-state index in [1.165, 1.54) is 43.6 Å². The van der Waals surface area contributed by atoms with E-state index < -0.39 is 26.4 Å². The van der Waals surface area contributed by atoms with Crippen LogP contribution in [0.4, 0.5) is 8.78 Å². The van der Waals surface area contributed by atoms with Crippen molar-refractivity contribution in [3.63, 3.8) is 0 Å². The molecule has 0 unspecified atom stereocenters. The Balaban J connectivity index is 1.55. The Bertz CT molecular complexity index is 907. The highest BCUT2D eigenvalue weighted by Crippen LogP contribution is 2.18. The molecule has 0 aromatic heterocycles. The number of hydrogen-bond donors (Lipinski definition) is 2. The monoisotopic (exact) mass is 409 g/mol. The summed E-state index contributed by atoms with van der Waals surface area (Å²) < 4.78 is 47.9. The number of quaternary nitrogens is 1. The van der Waals surface area contributed by atoms with Crippen molar-refractivity contribution < 1.29 is 26.9 Å². The lowest BCUT2D eigenvalue weighted by Crippen LogP contribution is -3.08. The number of rotatable bonds is 7. The van der Waals surface area contributed by atoms with Gasteiger partial charge in [-0.1, -0.05) is 24.3 Å². The quantitative estimate of drug-likeness (QED) is 0.733. The van der Waals surface area contributed by atoms with E-state index in [1.807, 2.05) is 12.1 Å². The van der Waals surface area contributed by atoms with Crippen LogP contribution in [0.2, 0.25) is 0 Å². The molecule has 1 fully saturated rings. The number of carbonyl (C=O) groups is 1. The maximum Gasteiger partial charge on any atom is 0.341 e. The number of likely N-dealkylation sites (tertiary alicyclic amines) is 1. The molecule has 28 heavy (non-hydrogen) atoms. The number of nitrogens with one attached hydrogen (secondary N) is 2. The predicted octanol–water partition coefficient (Wildman–Crippen LogP) is 1.79. The van der Waals surface area contributed by atoms with Gasteiger partial charge >= 0.3 is 5.76 Å². The SMILES string of the molecule is O=C(NCc1ccc(C[NH+]2CCCC2)cc1)c1ccc(S(=O)(=O)C(F)F)cc1. The van der Waals surface area contributed by atoms with Crippen LogP contribution < -0.4 is 10.2 Å². The molecule has 2 aromatic carbocycles. The maximum atomic E-state index is 12.5. The van der Waals surface area contributed by atoms with Gasteiger partial charge in [0.05, 0.1) is 18.0 Å². The molecule has 3 rings (SSSR count). The van der Waals surface area contributed by atoms with Gasteiger partial charge in [-0.05, 0) is 29.8 Å². The van der Waals surface area contributed by atoms with Crippen LogP contribution in [0.25, 0.3) is 0 Å². The smallest absolute Gasteiger partial charge is 0.341 e. The van der Waals surface area contributed by atoms with Crippen molar-refractivity contribution >= 4 is 15.7 Å². The number of amides is 1. The molecule has 0 atom stereocenters. The second-order valence-electron chi connectivity index (χ2n) is 6.96. The van der Waals surface area contributed by atoms with Crippen LogP contribution in [0, 0.1) is 0 Å². The summed E-state index contributed by atoms with van der Waals surface area (Å²) in [6, 6.07) is 12.6. The van der Waals surface area contributed by atoms with Crippen LogP contribution in [0.5, 0.6) is 0 Å². The molecule has 2 N–H and O–H groups in total. The van der Waals surface area contributed by atoms with Gasteiger partial charge in [0.15, 0.2) is 0 Å². The molecule has 1 heterocycles. The summed E-state index contributed by atoms with van der Waals surface area (Å²) in [5.41, 5.74) is 2.43. The zero-order valence-corrected chi connectivity index (χ0v) is 16.1. The van der Waals surface area contributed by atoms with Crippen molar-refractivity contribution in [3.8, 4) is 0 Å². The Hall–Kier alpha value is -2.32. The molecule has 2 aromatic rings. The van der Waals surface area contributed by atoms with Crippen molar-refractivity contribution in [1.29, 1.82) is 0 Å². The lowest BCUT2D eigenvalue weighted by molar-refractivity contribution is -0.901. The minimum atomic E-state index is -4.65. The van der Waals surface area contributed by atoms with Crippen molar-refractivity contribution in [2.24, 2.45) is 0 Å². The molecule has 5 nitrogen and oxygen atoms in total. The standard InChI is InChI=1S/C20H22F2N2O3S/c21-20(22)28(26,27)18-9-7-17(8-10-18)19(25)23-13-15-3-5-16(6-4-15)14-24-11-1-2-12-24/h3-10,20H,1-2,11-14H2,(H,23,25)/p+1. The maximum absolute atomic E-state index is 12.5. The third-order valence-electron chi connectivity index (χ3n) is 4.92. The second-order valence-corrected chi connectivity index (χ2v) is 8.88. The molecule has 1 amide bonds. The fourth-order valence-electron chi connectivity index (χ4n) is 3.30. The summed E-state index contributed by atoms with van der Waals surface area (Å²) in [6.07, 6.45) is 2.57. The van der Waals surface area contributed by atoms with Crippen molar-refractivity contribution in [1.82, 2.24) is 5.32 Å². The van der Waals surface area contributed by atoms with E-state index >= 15 is 0 Å². The van der Waals surface area contributed by atoms with E-state index in [0.717, 1.165) is 24.2 Å². The molecule has 1 saturated heterocycles. The minimum absolute atomic E-state index is 0.211.